The molecular weight excluding hydrogens is 829 g/mol. The Kier molecular flexibility index (Phi) is 54.2. The molecule has 0 aliphatic heterocycles. The van der Waals surface area contributed by atoms with Crippen molar-refractivity contribution in [1.29, 1.82) is 0 Å². The summed E-state index contributed by atoms with van der Waals surface area (Å²) in [5.74, 6) is -0.876. The zero-order valence-corrected chi connectivity index (χ0v) is 44.9. The first-order valence-corrected chi connectivity index (χ1v) is 29.5. The summed E-state index contributed by atoms with van der Waals surface area (Å²) in [5, 5.41) is 0. The molecule has 6 heteroatoms. The van der Waals surface area contributed by atoms with Crippen molar-refractivity contribution in [1.82, 2.24) is 0 Å². The van der Waals surface area contributed by atoms with Gasteiger partial charge in [0.15, 0.2) is 6.10 Å². The van der Waals surface area contributed by atoms with Crippen LogP contribution in [0.4, 0.5) is 0 Å². The lowest BCUT2D eigenvalue weighted by Gasteiger charge is -2.18. The van der Waals surface area contributed by atoms with Gasteiger partial charge in [0, 0.05) is 19.3 Å². The van der Waals surface area contributed by atoms with Gasteiger partial charge >= 0.3 is 17.9 Å². The van der Waals surface area contributed by atoms with Crippen molar-refractivity contribution in [3.05, 3.63) is 36.5 Å². The maximum Gasteiger partial charge on any atom is 0.306 e. The summed E-state index contributed by atoms with van der Waals surface area (Å²) >= 11 is 0. The SMILES string of the molecule is CCCCCC/C=C\C/C=C\CCCCCCCCCC(=O)OC(COC(=O)CCCCCCCC)COC(=O)CCCCCCCCCCCCCCC/C=C\CCCCCCCCCC. The molecular formula is C61H112O6. The second kappa shape index (κ2) is 56.2. The smallest absolute Gasteiger partial charge is 0.306 e. The summed E-state index contributed by atoms with van der Waals surface area (Å²) in [6, 6.07) is 0. The normalized spacial score (nSPS) is 12.2. The number of rotatable bonds is 54. The Morgan fingerprint density at radius 3 is 0.851 bits per heavy atom. The third-order valence-corrected chi connectivity index (χ3v) is 13.1. The number of hydrogen-bond donors (Lipinski definition) is 0. The molecule has 0 aliphatic carbocycles. The van der Waals surface area contributed by atoms with Gasteiger partial charge < -0.3 is 14.2 Å². The van der Waals surface area contributed by atoms with Crippen LogP contribution in [0.15, 0.2) is 36.5 Å². The molecule has 0 aromatic heterocycles. The van der Waals surface area contributed by atoms with E-state index in [0.717, 1.165) is 70.6 Å². The van der Waals surface area contributed by atoms with Crippen LogP contribution in [0.25, 0.3) is 0 Å². The Morgan fingerprint density at radius 2 is 0.537 bits per heavy atom. The van der Waals surface area contributed by atoms with Crippen LogP contribution in [0.1, 0.15) is 316 Å². The van der Waals surface area contributed by atoms with Crippen LogP contribution >= 0.6 is 0 Å². The fourth-order valence-electron chi connectivity index (χ4n) is 8.65. The lowest BCUT2D eigenvalue weighted by molar-refractivity contribution is -0.167. The molecule has 0 aromatic rings. The van der Waals surface area contributed by atoms with E-state index < -0.39 is 6.10 Å². The van der Waals surface area contributed by atoms with Crippen molar-refractivity contribution < 1.29 is 28.6 Å². The van der Waals surface area contributed by atoms with E-state index in [4.69, 9.17) is 14.2 Å². The largest absolute Gasteiger partial charge is 0.462 e. The number of ether oxygens (including phenoxy) is 3. The first kappa shape index (κ1) is 64.6. The van der Waals surface area contributed by atoms with Crippen LogP contribution < -0.4 is 0 Å². The summed E-state index contributed by atoms with van der Waals surface area (Å²) in [5.41, 5.74) is 0. The van der Waals surface area contributed by atoms with E-state index in [1.807, 2.05) is 0 Å². The van der Waals surface area contributed by atoms with Crippen molar-refractivity contribution >= 4 is 17.9 Å². The quantitative estimate of drug-likeness (QED) is 0.0262. The third kappa shape index (κ3) is 54.4. The highest BCUT2D eigenvalue weighted by Gasteiger charge is 2.19. The van der Waals surface area contributed by atoms with Gasteiger partial charge in [0.2, 0.25) is 0 Å². The van der Waals surface area contributed by atoms with Gasteiger partial charge in [-0.3, -0.25) is 14.4 Å². The summed E-state index contributed by atoms with van der Waals surface area (Å²) in [7, 11) is 0. The lowest BCUT2D eigenvalue weighted by Crippen LogP contribution is -2.30. The van der Waals surface area contributed by atoms with Crippen molar-refractivity contribution in [2.24, 2.45) is 0 Å². The second-order valence-electron chi connectivity index (χ2n) is 19.9. The molecule has 0 rings (SSSR count). The molecule has 0 fully saturated rings. The Balaban J connectivity index is 4.08. The highest BCUT2D eigenvalue weighted by atomic mass is 16.6. The first-order valence-electron chi connectivity index (χ1n) is 29.5. The molecule has 0 aromatic carbocycles. The molecule has 392 valence electrons. The Hall–Kier alpha value is -2.37. The molecule has 0 saturated carbocycles. The molecule has 0 radical (unpaired) electrons. The molecule has 0 N–H and O–H groups in total. The average molecular weight is 942 g/mol. The number of carbonyl (C=O) groups is 3. The van der Waals surface area contributed by atoms with E-state index in [1.54, 1.807) is 0 Å². The minimum absolute atomic E-state index is 0.0727. The monoisotopic (exact) mass is 941 g/mol. The molecule has 0 spiro atoms. The average Bonchev–Trinajstić information content (AvgIpc) is 3.33. The predicted octanol–water partition coefficient (Wildman–Crippen LogP) is 19.7. The molecule has 0 aliphatic rings. The van der Waals surface area contributed by atoms with E-state index in [2.05, 4.69) is 57.2 Å². The highest BCUT2D eigenvalue weighted by molar-refractivity contribution is 5.71. The van der Waals surface area contributed by atoms with Crippen LogP contribution in [0.2, 0.25) is 0 Å². The molecule has 1 unspecified atom stereocenters. The summed E-state index contributed by atoms with van der Waals surface area (Å²) in [6.07, 6.45) is 67.5. The Bertz CT molecular complexity index is 1130. The molecule has 0 bridgehead atoms. The maximum absolute atomic E-state index is 12.8. The van der Waals surface area contributed by atoms with E-state index >= 15 is 0 Å². The van der Waals surface area contributed by atoms with Crippen molar-refractivity contribution in [2.45, 2.75) is 322 Å². The van der Waals surface area contributed by atoms with E-state index in [-0.39, 0.29) is 31.1 Å². The van der Waals surface area contributed by atoms with E-state index in [9.17, 15) is 14.4 Å². The second-order valence-corrected chi connectivity index (χ2v) is 19.9. The molecule has 0 heterocycles. The van der Waals surface area contributed by atoms with Crippen molar-refractivity contribution in [2.75, 3.05) is 13.2 Å². The maximum atomic E-state index is 12.8. The molecule has 0 amide bonds. The molecule has 6 nitrogen and oxygen atoms in total. The van der Waals surface area contributed by atoms with Gasteiger partial charge in [-0.15, -0.1) is 0 Å². The van der Waals surface area contributed by atoms with Crippen molar-refractivity contribution in [3.8, 4) is 0 Å². The van der Waals surface area contributed by atoms with Gasteiger partial charge in [0.25, 0.3) is 0 Å². The summed E-state index contributed by atoms with van der Waals surface area (Å²) in [6.45, 7) is 6.59. The lowest BCUT2D eigenvalue weighted by atomic mass is 10.0. The fraction of sp³-hybridized carbons (Fsp3) is 0.852. The molecule has 0 saturated heterocycles. The number of hydrogen-bond acceptors (Lipinski definition) is 6. The van der Waals surface area contributed by atoms with Gasteiger partial charge in [-0.05, 0) is 77.0 Å². The standard InChI is InChI=1S/C61H112O6/c1-4-7-10-13-16-18-20-22-24-26-28-29-30-31-32-33-34-36-37-39-41-43-45-48-51-54-60(63)66-57-58(56-65-59(62)53-50-47-15-12-9-6-3)67-61(64)55-52-49-46-44-42-40-38-35-27-25-23-21-19-17-14-11-8-5-2/h19,21,25-28,58H,4-18,20,22-24,29-57H2,1-3H3/b21-19-,27-25-,28-26-. The zero-order valence-electron chi connectivity index (χ0n) is 44.9. The minimum atomic E-state index is -0.771. The first-order chi connectivity index (χ1) is 33.0. The number of carbonyl (C=O) groups excluding carboxylic acids is 3. The van der Waals surface area contributed by atoms with Crippen LogP contribution in [0, 0.1) is 0 Å². The van der Waals surface area contributed by atoms with Crippen LogP contribution in [0.5, 0.6) is 0 Å². The third-order valence-electron chi connectivity index (χ3n) is 13.1. The summed E-state index contributed by atoms with van der Waals surface area (Å²) < 4.78 is 16.8. The van der Waals surface area contributed by atoms with Crippen molar-refractivity contribution in [3.63, 3.8) is 0 Å². The van der Waals surface area contributed by atoms with E-state index in [0.29, 0.717) is 19.3 Å². The van der Waals surface area contributed by atoms with Gasteiger partial charge in [-0.25, -0.2) is 0 Å². The van der Waals surface area contributed by atoms with Gasteiger partial charge in [-0.1, -0.05) is 256 Å². The highest BCUT2D eigenvalue weighted by Crippen LogP contribution is 2.16. The number of unbranched alkanes of at least 4 members (excludes halogenated alkanes) is 37. The molecule has 1 atom stereocenters. The van der Waals surface area contributed by atoms with Crippen LogP contribution in [-0.4, -0.2) is 37.2 Å². The fourth-order valence-corrected chi connectivity index (χ4v) is 8.65. The van der Waals surface area contributed by atoms with Crippen LogP contribution in [-0.2, 0) is 28.6 Å². The van der Waals surface area contributed by atoms with Gasteiger partial charge in [0.1, 0.15) is 13.2 Å². The predicted molar refractivity (Wildman–Crippen MR) is 289 cm³/mol. The van der Waals surface area contributed by atoms with E-state index in [1.165, 1.54) is 205 Å². The minimum Gasteiger partial charge on any atom is -0.462 e. The Morgan fingerprint density at radius 1 is 0.299 bits per heavy atom. The Labute approximate surface area is 416 Å². The van der Waals surface area contributed by atoms with Gasteiger partial charge in [-0.2, -0.15) is 0 Å². The topological polar surface area (TPSA) is 78.9 Å². The number of esters is 3. The van der Waals surface area contributed by atoms with Crippen LogP contribution in [0.3, 0.4) is 0 Å². The van der Waals surface area contributed by atoms with Gasteiger partial charge in [0.05, 0.1) is 0 Å². The summed E-state index contributed by atoms with van der Waals surface area (Å²) in [4.78, 5) is 37.9. The molecule has 67 heavy (non-hydrogen) atoms. The zero-order chi connectivity index (χ0) is 48.6. The number of allylic oxidation sites excluding steroid dienone is 6.